The van der Waals surface area contributed by atoms with Gasteiger partial charge >= 0.3 is 0 Å². The highest BCUT2D eigenvalue weighted by Crippen LogP contribution is 2.21. The maximum Gasteiger partial charge on any atom is 0.227 e. The lowest BCUT2D eigenvalue weighted by atomic mass is 10.0. The van der Waals surface area contributed by atoms with E-state index in [-0.39, 0.29) is 12.0 Å². The van der Waals surface area contributed by atoms with Crippen molar-refractivity contribution in [1.29, 1.82) is 0 Å². The van der Waals surface area contributed by atoms with Crippen molar-refractivity contribution in [2.45, 2.75) is 31.8 Å². The second kappa shape index (κ2) is 8.27. The van der Waals surface area contributed by atoms with Gasteiger partial charge in [0.15, 0.2) is 0 Å². The minimum absolute atomic E-state index is 0.215. The van der Waals surface area contributed by atoms with Crippen LogP contribution >= 0.6 is 0 Å². The molecule has 2 aromatic rings. The first-order chi connectivity index (χ1) is 11.8. The molecule has 0 unspecified atom stereocenters. The Bertz CT molecular complexity index is 673. The maximum atomic E-state index is 12.6. The lowest BCUT2D eigenvalue weighted by molar-refractivity contribution is -0.133. The van der Waals surface area contributed by atoms with E-state index in [0.29, 0.717) is 13.0 Å². The third kappa shape index (κ3) is 4.13. The van der Waals surface area contributed by atoms with Crippen LogP contribution in [0.15, 0.2) is 42.5 Å². The molecule has 1 heterocycles. The van der Waals surface area contributed by atoms with Gasteiger partial charge < -0.3 is 15.4 Å². The molecule has 24 heavy (non-hydrogen) atoms. The molecule has 0 atom stereocenters. The standard InChI is InChI=1S/C20H26N2O2/c21-11-4-14-24-18-9-12-22(13-10-18)20(23)15-17-7-3-6-16-5-1-2-8-19(16)17/h1-3,5-8,18H,4,9-15,21H2. The Morgan fingerprint density at radius 1 is 1.12 bits per heavy atom. The van der Waals surface area contributed by atoms with E-state index in [0.717, 1.165) is 44.5 Å². The summed E-state index contributed by atoms with van der Waals surface area (Å²) >= 11 is 0. The van der Waals surface area contributed by atoms with Gasteiger partial charge in [-0.2, -0.15) is 0 Å². The normalized spacial score (nSPS) is 15.8. The SMILES string of the molecule is NCCCOC1CCN(C(=O)Cc2cccc3ccccc23)CC1. The number of nitrogens with two attached hydrogens (primary N) is 1. The van der Waals surface area contributed by atoms with Gasteiger partial charge in [-0.1, -0.05) is 42.5 Å². The first-order valence-corrected chi connectivity index (χ1v) is 8.84. The van der Waals surface area contributed by atoms with Gasteiger partial charge in [0.05, 0.1) is 12.5 Å². The van der Waals surface area contributed by atoms with Gasteiger partial charge in [0.1, 0.15) is 0 Å². The molecule has 1 fully saturated rings. The molecule has 0 radical (unpaired) electrons. The average molecular weight is 326 g/mol. The van der Waals surface area contributed by atoms with Gasteiger partial charge in [-0.25, -0.2) is 0 Å². The van der Waals surface area contributed by atoms with Crippen molar-refractivity contribution in [1.82, 2.24) is 4.90 Å². The molecule has 0 spiro atoms. The molecular formula is C20H26N2O2. The summed E-state index contributed by atoms with van der Waals surface area (Å²) in [6.07, 6.45) is 3.50. The number of amides is 1. The molecule has 4 heteroatoms. The lowest BCUT2D eigenvalue weighted by Crippen LogP contribution is -2.41. The minimum atomic E-state index is 0.215. The number of fused-ring (bicyclic) bond motifs is 1. The molecule has 128 valence electrons. The largest absolute Gasteiger partial charge is 0.378 e. The van der Waals surface area contributed by atoms with E-state index >= 15 is 0 Å². The Kier molecular flexibility index (Phi) is 5.83. The monoisotopic (exact) mass is 326 g/mol. The van der Waals surface area contributed by atoms with Crippen molar-refractivity contribution in [3.8, 4) is 0 Å². The van der Waals surface area contributed by atoms with Gasteiger partial charge in [-0.15, -0.1) is 0 Å². The van der Waals surface area contributed by atoms with Crippen molar-refractivity contribution < 1.29 is 9.53 Å². The smallest absolute Gasteiger partial charge is 0.227 e. The lowest BCUT2D eigenvalue weighted by Gasteiger charge is -2.32. The second-order valence-corrected chi connectivity index (χ2v) is 6.41. The van der Waals surface area contributed by atoms with Crippen molar-refractivity contribution >= 4 is 16.7 Å². The molecule has 1 amide bonds. The Morgan fingerprint density at radius 2 is 1.88 bits per heavy atom. The molecule has 0 aromatic heterocycles. The Hall–Kier alpha value is -1.91. The topological polar surface area (TPSA) is 55.6 Å². The molecule has 2 aromatic carbocycles. The number of piperidine rings is 1. The number of carbonyl (C=O) groups excluding carboxylic acids is 1. The fourth-order valence-electron chi connectivity index (χ4n) is 3.33. The zero-order chi connectivity index (χ0) is 16.8. The molecule has 1 saturated heterocycles. The molecule has 4 nitrogen and oxygen atoms in total. The van der Waals surface area contributed by atoms with Crippen LogP contribution in [0.25, 0.3) is 10.8 Å². The molecule has 1 aliphatic rings. The number of nitrogens with zero attached hydrogens (tertiary/aromatic N) is 1. The fourth-order valence-corrected chi connectivity index (χ4v) is 3.33. The van der Waals surface area contributed by atoms with Gasteiger partial charge in [0, 0.05) is 19.7 Å². The summed E-state index contributed by atoms with van der Waals surface area (Å²) < 4.78 is 5.81. The summed E-state index contributed by atoms with van der Waals surface area (Å²) in [5, 5.41) is 2.36. The van der Waals surface area contributed by atoms with Crippen molar-refractivity contribution in [3.05, 3.63) is 48.0 Å². The van der Waals surface area contributed by atoms with Crippen LogP contribution in [0, 0.1) is 0 Å². The highest BCUT2D eigenvalue weighted by molar-refractivity contribution is 5.90. The molecule has 0 bridgehead atoms. The third-order valence-corrected chi connectivity index (χ3v) is 4.72. The van der Waals surface area contributed by atoms with Crippen LogP contribution in [-0.2, 0) is 16.0 Å². The first kappa shape index (κ1) is 16.9. The predicted molar refractivity (Wildman–Crippen MR) is 96.9 cm³/mol. The number of ether oxygens (including phenoxy) is 1. The van der Waals surface area contributed by atoms with Gasteiger partial charge in [-0.3, -0.25) is 4.79 Å². The van der Waals surface area contributed by atoms with Crippen LogP contribution < -0.4 is 5.73 Å². The van der Waals surface area contributed by atoms with Gasteiger partial charge in [-0.05, 0) is 42.1 Å². The van der Waals surface area contributed by atoms with Crippen molar-refractivity contribution in [2.24, 2.45) is 5.73 Å². The Morgan fingerprint density at radius 3 is 2.67 bits per heavy atom. The van der Waals surface area contributed by atoms with E-state index in [1.54, 1.807) is 0 Å². The van der Waals surface area contributed by atoms with E-state index < -0.39 is 0 Å². The number of rotatable bonds is 6. The highest BCUT2D eigenvalue weighted by Gasteiger charge is 2.23. The zero-order valence-corrected chi connectivity index (χ0v) is 14.1. The summed E-state index contributed by atoms with van der Waals surface area (Å²) in [4.78, 5) is 14.6. The van der Waals surface area contributed by atoms with Crippen LogP contribution in [-0.4, -0.2) is 43.2 Å². The fraction of sp³-hybridized carbons (Fsp3) is 0.450. The highest BCUT2D eigenvalue weighted by atomic mass is 16.5. The molecule has 2 N–H and O–H groups in total. The Balaban J connectivity index is 1.56. The Labute approximate surface area is 143 Å². The van der Waals surface area contributed by atoms with Crippen LogP contribution in [0.1, 0.15) is 24.8 Å². The van der Waals surface area contributed by atoms with Crippen molar-refractivity contribution in [2.75, 3.05) is 26.2 Å². The number of hydrogen-bond acceptors (Lipinski definition) is 3. The van der Waals surface area contributed by atoms with Crippen LogP contribution in [0.5, 0.6) is 0 Å². The number of likely N-dealkylation sites (tertiary alicyclic amines) is 1. The summed E-state index contributed by atoms with van der Waals surface area (Å²) in [6, 6.07) is 14.4. The molecule has 0 aliphatic carbocycles. The summed E-state index contributed by atoms with van der Waals surface area (Å²) in [5.41, 5.74) is 6.60. The van der Waals surface area contributed by atoms with Crippen LogP contribution in [0.2, 0.25) is 0 Å². The van der Waals surface area contributed by atoms with Gasteiger partial charge in [0.25, 0.3) is 0 Å². The number of benzene rings is 2. The molecular weight excluding hydrogens is 300 g/mol. The predicted octanol–water partition coefficient (Wildman–Crippen LogP) is 2.74. The van der Waals surface area contributed by atoms with Crippen LogP contribution in [0.4, 0.5) is 0 Å². The second-order valence-electron chi connectivity index (χ2n) is 6.41. The summed E-state index contributed by atoms with van der Waals surface area (Å²) in [5.74, 6) is 0.215. The number of hydrogen-bond donors (Lipinski definition) is 1. The molecule has 0 saturated carbocycles. The van der Waals surface area contributed by atoms with E-state index in [4.69, 9.17) is 10.5 Å². The van der Waals surface area contributed by atoms with E-state index in [9.17, 15) is 4.79 Å². The third-order valence-electron chi connectivity index (χ3n) is 4.72. The van der Waals surface area contributed by atoms with Crippen molar-refractivity contribution in [3.63, 3.8) is 0 Å². The van der Waals surface area contributed by atoms with Gasteiger partial charge in [0.2, 0.25) is 5.91 Å². The zero-order valence-electron chi connectivity index (χ0n) is 14.1. The van der Waals surface area contributed by atoms with E-state index in [1.165, 1.54) is 10.8 Å². The quantitative estimate of drug-likeness (QED) is 0.831. The van der Waals surface area contributed by atoms with E-state index in [2.05, 4.69) is 24.3 Å². The minimum Gasteiger partial charge on any atom is -0.378 e. The number of carbonyl (C=O) groups is 1. The van der Waals surface area contributed by atoms with Crippen LogP contribution in [0.3, 0.4) is 0 Å². The van der Waals surface area contributed by atoms with E-state index in [1.807, 2.05) is 23.1 Å². The maximum absolute atomic E-state index is 12.6. The first-order valence-electron chi connectivity index (χ1n) is 8.84. The average Bonchev–Trinajstić information content (AvgIpc) is 2.63. The summed E-state index contributed by atoms with van der Waals surface area (Å²) in [7, 11) is 0. The summed E-state index contributed by atoms with van der Waals surface area (Å²) in [6.45, 7) is 2.97. The molecule has 1 aliphatic heterocycles. The molecule has 3 rings (SSSR count).